The van der Waals surface area contributed by atoms with Crippen molar-refractivity contribution in [1.29, 1.82) is 0 Å². The smallest absolute Gasteiger partial charge is 0.338 e. The summed E-state index contributed by atoms with van der Waals surface area (Å²) < 4.78 is 23.9. The Hall–Kier alpha value is -2.56. The zero-order valence-corrected chi connectivity index (χ0v) is 11.9. The zero-order valence-electron chi connectivity index (χ0n) is 11.9. The van der Waals surface area contributed by atoms with Gasteiger partial charge in [0.1, 0.15) is 6.61 Å². The number of hydrogen-bond acceptors (Lipinski definition) is 4. The van der Waals surface area contributed by atoms with Crippen molar-refractivity contribution in [1.82, 2.24) is 0 Å². The zero-order chi connectivity index (χ0) is 15.4. The van der Waals surface area contributed by atoms with E-state index in [1.54, 1.807) is 24.3 Å². The molecular formula is C16H16FNO3. The van der Waals surface area contributed by atoms with E-state index in [9.17, 15) is 9.18 Å². The number of carbonyl (C=O) groups is 1. The molecule has 0 aliphatic carbocycles. The SMILES string of the molecule is COc1cccc(COC(=O)c2ccc(C)c(N)c2)c1F. The van der Waals surface area contributed by atoms with Gasteiger partial charge in [-0.1, -0.05) is 18.2 Å². The quantitative estimate of drug-likeness (QED) is 0.694. The van der Waals surface area contributed by atoms with Crippen molar-refractivity contribution in [3.8, 4) is 5.75 Å². The predicted octanol–water partition coefficient (Wildman–Crippen LogP) is 3.08. The molecule has 2 N–H and O–H groups in total. The Morgan fingerprint density at radius 2 is 2.05 bits per heavy atom. The molecule has 4 nitrogen and oxygen atoms in total. The van der Waals surface area contributed by atoms with Gasteiger partial charge in [0, 0.05) is 11.3 Å². The fraction of sp³-hybridized carbons (Fsp3) is 0.188. The van der Waals surface area contributed by atoms with E-state index in [-0.39, 0.29) is 17.9 Å². The minimum absolute atomic E-state index is 0.114. The summed E-state index contributed by atoms with van der Waals surface area (Å²) in [5, 5.41) is 0. The third-order valence-electron chi connectivity index (χ3n) is 3.14. The Bertz CT molecular complexity index is 671. The first-order valence-corrected chi connectivity index (χ1v) is 6.37. The molecule has 0 saturated heterocycles. The van der Waals surface area contributed by atoms with Gasteiger partial charge in [-0.25, -0.2) is 9.18 Å². The molecule has 21 heavy (non-hydrogen) atoms. The molecule has 0 spiro atoms. The van der Waals surface area contributed by atoms with Gasteiger partial charge >= 0.3 is 5.97 Å². The van der Waals surface area contributed by atoms with Gasteiger partial charge in [-0.05, 0) is 30.7 Å². The van der Waals surface area contributed by atoms with E-state index in [4.69, 9.17) is 15.2 Å². The number of hydrogen-bond donors (Lipinski definition) is 1. The lowest BCUT2D eigenvalue weighted by Gasteiger charge is -2.09. The lowest BCUT2D eigenvalue weighted by molar-refractivity contribution is 0.0468. The summed E-state index contributed by atoms with van der Waals surface area (Å²) in [6, 6.07) is 9.57. The largest absolute Gasteiger partial charge is 0.494 e. The van der Waals surface area contributed by atoms with Gasteiger partial charge < -0.3 is 15.2 Å². The van der Waals surface area contributed by atoms with Crippen LogP contribution < -0.4 is 10.5 Å². The highest BCUT2D eigenvalue weighted by Crippen LogP contribution is 2.21. The Kier molecular flexibility index (Phi) is 4.42. The number of aryl methyl sites for hydroxylation is 1. The van der Waals surface area contributed by atoms with Crippen molar-refractivity contribution < 1.29 is 18.7 Å². The third kappa shape index (κ3) is 3.31. The van der Waals surface area contributed by atoms with Gasteiger partial charge in [0.2, 0.25) is 0 Å². The van der Waals surface area contributed by atoms with Crippen LogP contribution in [-0.4, -0.2) is 13.1 Å². The standard InChI is InChI=1S/C16H16FNO3/c1-10-6-7-11(8-13(10)18)16(19)21-9-12-4-3-5-14(20-2)15(12)17/h3-8H,9,18H2,1-2H3. The Labute approximate surface area is 122 Å². The van der Waals surface area contributed by atoms with Crippen molar-refractivity contribution in [2.24, 2.45) is 0 Å². The van der Waals surface area contributed by atoms with E-state index in [1.807, 2.05) is 6.92 Å². The molecule has 110 valence electrons. The molecule has 2 aromatic carbocycles. The number of carbonyl (C=O) groups excluding carboxylic acids is 1. The van der Waals surface area contributed by atoms with Crippen LogP contribution >= 0.6 is 0 Å². The highest BCUT2D eigenvalue weighted by Gasteiger charge is 2.12. The number of nitrogen functional groups attached to an aromatic ring is 1. The molecule has 0 fully saturated rings. The van der Waals surface area contributed by atoms with Crippen LogP contribution in [0.25, 0.3) is 0 Å². The fourth-order valence-electron chi connectivity index (χ4n) is 1.82. The number of ether oxygens (including phenoxy) is 2. The summed E-state index contributed by atoms with van der Waals surface area (Å²) in [4.78, 5) is 11.9. The molecule has 0 unspecified atom stereocenters. The molecule has 0 amide bonds. The van der Waals surface area contributed by atoms with E-state index in [0.717, 1.165) is 5.56 Å². The predicted molar refractivity (Wildman–Crippen MR) is 77.7 cm³/mol. The molecule has 0 atom stereocenters. The van der Waals surface area contributed by atoms with Crippen LogP contribution in [0.4, 0.5) is 10.1 Å². The highest BCUT2D eigenvalue weighted by molar-refractivity contribution is 5.90. The first kappa shape index (κ1) is 14.8. The van der Waals surface area contributed by atoms with E-state index in [1.165, 1.54) is 19.2 Å². The number of rotatable bonds is 4. The molecule has 0 saturated carbocycles. The van der Waals surface area contributed by atoms with E-state index >= 15 is 0 Å². The Balaban J connectivity index is 2.09. The lowest BCUT2D eigenvalue weighted by Crippen LogP contribution is -2.07. The third-order valence-corrected chi connectivity index (χ3v) is 3.14. The van der Waals surface area contributed by atoms with Crippen molar-refractivity contribution >= 4 is 11.7 Å². The second-order valence-electron chi connectivity index (χ2n) is 4.58. The van der Waals surface area contributed by atoms with Crippen LogP contribution in [0.15, 0.2) is 36.4 Å². The normalized spacial score (nSPS) is 10.2. The average molecular weight is 289 g/mol. The minimum atomic E-state index is -0.552. The summed E-state index contributed by atoms with van der Waals surface area (Å²) >= 11 is 0. The molecule has 2 aromatic rings. The maximum absolute atomic E-state index is 13.9. The molecule has 0 heterocycles. The van der Waals surface area contributed by atoms with Gasteiger partial charge in [0.25, 0.3) is 0 Å². The number of benzene rings is 2. The molecule has 0 radical (unpaired) electrons. The van der Waals surface area contributed by atoms with Gasteiger partial charge in [0.05, 0.1) is 12.7 Å². The molecule has 2 rings (SSSR count). The topological polar surface area (TPSA) is 61.5 Å². The van der Waals surface area contributed by atoms with E-state index < -0.39 is 11.8 Å². The molecule has 0 bridgehead atoms. The summed E-state index contributed by atoms with van der Waals surface area (Å²) in [6.45, 7) is 1.67. The summed E-state index contributed by atoms with van der Waals surface area (Å²) in [7, 11) is 1.38. The van der Waals surface area contributed by atoms with Crippen LogP contribution in [0.2, 0.25) is 0 Å². The minimum Gasteiger partial charge on any atom is -0.494 e. The number of halogens is 1. The Morgan fingerprint density at radius 3 is 2.71 bits per heavy atom. The lowest BCUT2D eigenvalue weighted by atomic mass is 10.1. The van der Waals surface area contributed by atoms with Crippen molar-refractivity contribution in [2.75, 3.05) is 12.8 Å². The van der Waals surface area contributed by atoms with Crippen LogP contribution in [0.3, 0.4) is 0 Å². The van der Waals surface area contributed by atoms with Crippen LogP contribution in [-0.2, 0) is 11.3 Å². The maximum Gasteiger partial charge on any atom is 0.338 e. The van der Waals surface area contributed by atoms with Crippen molar-refractivity contribution in [3.05, 3.63) is 58.9 Å². The summed E-state index contributed by atoms with van der Waals surface area (Å²) in [6.07, 6.45) is 0. The van der Waals surface area contributed by atoms with Crippen LogP contribution in [0, 0.1) is 12.7 Å². The second-order valence-corrected chi connectivity index (χ2v) is 4.58. The van der Waals surface area contributed by atoms with E-state index in [0.29, 0.717) is 11.3 Å². The van der Waals surface area contributed by atoms with Crippen molar-refractivity contribution in [3.63, 3.8) is 0 Å². The first-order valence-electron chi connectivity index (χ1n) is 6.37. The molecular weight excluding hydrogens is 273 g/mol. The molecule has 0 aromatic heterocycles. The molecule has 0 aliphatic rings. The summed E-state index contributed by atoms with van der Waals surface area (Å²) in [5.74, 6) is -0.969. The molecule has 5 heteroatoms. The van der Waals surface area contributed by atoms with Gasteiger partial charge in [-0.15, -0.1) is 0 Å². The monoisotopic (exact) mass is 289 g/mol. The number of anilines is 1. The number of nitrogens with two attached hydrogens (primary N) is 1. The highest BCUT2D eigenvalue weighted by atomic mass is 19.1. The van der Waals surface area contributed by atoms with Crippen molar-refractivity contribution in [2.45, 2.75) is 13.5 Å². The first-order chi connectivity index (χ1) is 10.0. The van der Waals surface area contributed by atoms with E-state index in [2.05, 4.69) is 0 Å². The van der Waals surface area contributed by atoms with Gasteiger partial charge in [0.15, 0.2) is 11.6 Å². The van der Waals surface area contributed by atoms with Crippen LogP contribution in [0.5, 0.6) is 5.75 Å². The van der Waals surface area contributed by atoms with Gasteiger partial charge in [-0.3, -0.25) is 0 Å². The fourth-order valence-corrected chi connectivity index (χ4v) is 1.82. The maximum atomic E-state index is 13.9. The van der Waals surface area contributed by atoms with Crippen LogP contribution in [0.1, 0.15) is 21.5 Å². The molecule has 0 aliphatic heterocycles. The number of esters is 1. The Morgan fingerprint density at radius 1 is 1.29 bits per heavy atom. The number of methoxy groups -OCH3 is 1. The average Bonchev–Trinajstić information content (AvgIpc) is 2.48. The summed E-state index contributed by atoms with van der Waals surface area (Å²) in [5.41, 5.74) is 7.72. The van der Waals surface area contributed by atoms with Gasteiger partial charge in [-0.2, -0.15) is 0 Å². The second kappa shape index (κ2) is 6.26.